The molecule has 1 saturated carbocycles. The zero-order valence-electron chi connectivity index (χ0n) is 11.1. The molecule has 2 rings (SSSR count). The summed E-state index contributed by atoms with van der Waals surface area (Å²) in [6, 6.07) is 4.02. The molecule has 0 bridgehead atoms. The van der Waals surface area contributed by atoms with Gasteiger partial charge in [-0.1, -0.05) is 17.7 Å². The van der Waals surface area contributed by atoms with Crippen molar-refractivity contribution in [1.29, 1.82) is 0 Å². The summed E-state index contributed by atoms with van der Waals surface area (Å²) in [5, 5.41) is 0.0458. The van der Waals surface area contributed by atoms with E-state index in [1.807, 2.05) is 0 Å². The van der Waals surface area contributed by atoms with Crippen molar-refractivity contribution in [1.82, 2.24) is 4.90 Å². The van der Waals surface area contributed by atoms with Gasteiger partial charge in [0.25, 0.3) is 5.91 Å². The number of carbonyl (C=O) groups excluding carboxylic acids is 2. The Balaban J connectivity index is 2.21. The van der Waals surface area contributed by atoms with Gasteiger partial charge in [0.15, 0.2) is 0 Å². The topological polar surface area (TPSA) is 46.6 Å². The second-order valence-electron chi connectivity index (χ2n) is 4.57. The zero-order valence-corrected chi connectivity index (χ0v) is 11.8. The number of ether oxygens (including phenoxy) is 1. The average Bonchev–Trinajstić information content (AvgIpc) is 3.20. The standard InChI is InChI=1S/C14H15ClFNO3/c1-2-20-12(18)8-17(9-6-7-9)14(19)13-10(15)4-3-5-11(13)16/h3-5,9H,2,6-8H2,1H3. The van der Waals surface area contributed by atoms with Crippen molar-refractivity contribution in [2.45, 2.75) is 25.8 Å². The smallest absolute Gasteiger partial charge is 0.325 e. The second kappa shape index (κ2) is 6.22. The third-order valence-electron chi connectivity index (χ3n) is 3.03. The van der Waals surface area contributed by atoms with Gasteiger partial charge in [-0.15, -0.1) is 0 Å². The van der Waals surface area contributed by atoms with Crippen LogP contribution in [0.25, 0.3) is 0 Å². The first-order valence-electron chi connectivity index (χ1n) is 6.45. The molecule has 6 heteroatoms. The quantitative estimate of drug-likeness (QED) is 0.785. The SMILES string of the molecule is CCOC(=O)CN(C(=O)c1c(F)cccc1Cl)C1CC1. The predicted molar refractivity (Wildman–Crippen MR) is 72.1 cm³/mol. The van der Waals surface area contributed by atoms with Crippen molar-refractivity contribution in [3.63, 3.8) is 0 Å². The van der Waals surface area contributed by atoms with Crippen LogP contribution >= 0.6 is 11.6 Å². The molecule has 0 radical (unpaired) electrons. The molecule has 1 fully saturated rings. The molecule has 0 spiro atoms. The van der Waals surface area contributed by atoms with E-state index in [0.717, 1.165) is 12.8 Å². The van der Waals surface area contributed by atoms with Gasteiger partial charge >= 0.3 is 5.97 Å². The summed E-state index contributed by atoms with van der Waals surface area (Å²) in [5.74, 6) is -1.75. The molecule has 4 nitrogen and oxygen atoms in total. The number of esters is 1. The van der Waals surface area contributed by atoms with Gasteiger partial charge in [-0.3, -0.25) is 9.59 Å². The lowest BCUT2D eigenvalue weighted by atomic mass is 10.1. The van der Waals surface area contributed by atoms with Gasteiger partial charge in [-0.2, -0.15) is 0 Å². The van der Waals surface area contributed by atoms with Crippen LogP contribution < -0.4 is 0 Å². The zero-order chi connectivity index (χ0) is 14.7. The summed E-state index contributed by atoms with van der Waals surface area (Å²) in [5.41, 5.74) is -0.189. The summed E-state index contributed by atoms with van der Waals surface area (Å²) in [7, 11) is 0. The maximum atomic E-state index is 13.8. The Hall–Kier alpha value is -1.62. The Bertz CT molecular complexity index is 511. The monoisotopic (exact) mass is 299 g/mol. The fourth-order valence-corrected chi connectivity index (χ4v) is 2.19. The molecule has 0 atom stereocenters. The number of benzene rings is 1. The van der Waals surface area contributed by atoms with Crippen LogP contribution in [0.4, 0.5) is 4.39 Å². The van der Waals surface area contributed by atoms with Crippen LogP contribution in [-0.2, 0) is 9.53 Å². The molecule has 0 aliphatic heterocycles. The third-order valence-corrected chi connectivity index (χ3v) is 3.34. The molecule has 1 aromatic rings. The molecular formula is C14H15ClFNO3. The first-order valence-corrected chi connectivity index (χ1v) is 6.83. The van der Waals surface area contributed by atoms with Gasteiger partial charge in [-0.25, -0.2) is 4.39 Å². The molecule has 20 heavy (non-hydrogen) atoms. The Morgan fingerprint density at radius 2 is 2.15 bits per heavy atom. The Morgan fingerprint density at radius 1 is 1.45 bits per heavy atom. The van der Waals surface area contributed by atoms with Crippen molar-refractivity contribution >= 4 is 23.5 Å². The molecular weight excluding hydrogens is 285 g/mol. The van der Waals surface area contributed by atoms with Crippen molar-refractivity contribution in [3.8, 4) is 0 Å². The Labute approximate surface area is 121 Å². The maximum absolute atomic E-state index is 13.8. The number of hydrogen-bond acceptors (Lipinski definition) is 3. The number of halogens is 2. The van der Waals surface area contributed by atoms with Gasteiger partial charge in [0.1, 0.15) is 12.4 Å². The average molecular weight is 300 g/mol. The summed E-state index contributed by atoms with van der Waals surface area (Å²) in [6.07, 6.45) is 1.61. The van der Waals surface area contributed by atoms with Crippen LogP contribution in [0.15, 0.2) is 18.2 Å². The second-order valence-corrected chi connectivity index (χ2v) is 4.97. The lowest BCUT2D eigenvalue weighted by Gasteiger charge is -2.22. The summed E-state index contributed by atoms with van der Waals surface area (Å²) >= 11 is 5.89. The van der Waals surface area contributed by atoms with Crippen LogP contribution in [0.1, 0.15) is 30.1 Å². The van der Waals surface area contributed by atoms with Gasteiger partial charge in [0.05, 0.1) is 17.2 Å². The first kappa shape index (κ1) is 14.8. The molecule has 0 unspecified atom stereocenters. The van der Waals surface area contributed by atoms with Crippen molar-refractivity contribution in [2.75, 3.05) is 13.2 Å². The minimum atomic E-state index is -0.683. The number of carbonyl (C=O) groups is 2. The van der Waals surface area contributed by atoms with Crippen molar-refractivity contribution in [2.24, 2.45) is 0 Å². The number of rotatable bonds is 5. The largest absolute Gasteiger partial charge is 0.465 e. The van der Waals surface area contributed by atoms with E-state index in [4.69, 9.17) is 16.3 Å². The fraction of sp³-hybridized carbons (Fsp3) is 0.429. The minimum Gasteiger partial charge on any atom is -0.465 e. The highest BCUT2D eigenvalue weighted by Crippen LogP contribution is 2.30. The molecule has 1 aliphatic rings. The highest BCUT2D eigenvalue weighted by molar-refractivity contribution is 6.33. The number of amides is 1. The third kappa shape index (κ3) is 3.28. The predicted octanol–water partition coefficient (Wildman–Crippen LogP) is 2.65. The van der Waals surface area contributed by atoms with E-state index >= 15 is 0 Å². The lowest BCUT2D eigenvalue weighted by molar-refractivity contribution is -0.144. The normalized spacial score (nSPS) is 13.9. The first-order chi connectivity index (χ1) is 9.54. The van der Waals surface area contributed by atoms with Crippen molar-refractivity contribution in [3.05, 3.63) is 34.6 Å². The molecule has 1 amide bonds. The Kier molecular flexibility index (Phi) is 4.60. The van der Waals surface area contributed by atoms with Crippen LogP contribution in [0.3, 0.4) is 0 Å². The number of hydrogen-bond donors (Lipinski definition) is 0. The van der Waals surface area contributed by atoms with Crippen molar-refractivity contribution < 1.29 is 18.7 Å². The summed E-state index contributed by atoms with van der Waals surface area (Å²) in [4.78, 5) is 25.3. The molecule has 1 aromatic carbocycles. The minimum absolute atomic E-state index is 0.0393. The van der Waals surface area contributed by atoms with Crippen LogP contribution in [0.2, 0.25) is 5.02 Å². The fourth-order valence-electron chi connectivity index (χ4n) is 1.94. The van der Waals surface area contributed by atoms with Gasteiger partial charge in [-0.05, 0) is 31.9 Å². The molecule has 0 saturated heterocycles. The van der Waals surface area contributed by atoms with Crippen LogP contribution in [0.5, 0.6) is 0 Å². The molecule has 108 valence electrons. The van der Waals surface area contributed by atoms with Gasteiger partial charge in [0.2, 0.25) is 0 Å². The van der Waals surface area contributed by atoms with Gasteiger partial charge in [0, 0.05) is 6.04 Å². The van der Waals surface area contributed by atoms with E-state index < -0.39 is 17.7 Å². The lowest BCUT2D eigenvalue weighted by Crippen LogP contribution is -2.38. The summed E-state index contributed by atoms with van der Waals surface area (Å²) in [6.45, 7) is 1.75. The van der Waals surface area contributed by atoms with E-state index in [2.05, 4.69) is 0 Å². The van der Waals surface area contributed by atoms with E-state index in [9.17, 15) is 14.0 Å². The molecule has 1 aliphatic carbocycles. The number of nitrogens with zero attached hydrogens (tertiary/aromatic N) is 1. The van der Waals surface area contributed by atoms with E-state index in [0.29, 0.717) is 0 Å². The molecule has 0 aromatic heterocycles. The van der Waals surface area contributed by atoms with Crippen LogP contribution in [0, 0.1) is 5.82 Å². The van der Waals surface area contributed by atoms with Crippen LogP contribution in [-0.4, -0.2) is 36.0 Å². The highest BCUT2D eigenvalue weighted by atomic mass is 35.5. The van der Waals surface area contributed by atoms with Gasteiger partial charge < -0.3 is 9.64 Å². The van der Waals surface area contributed by atoms with E-state index in [1.165, 1.54) is 23.1 Å². The molecule has 0 heterocycles. The van der Waals surface area contributed by atoms with E-state index in [-0.39, 0.29) is 29.8 Å². The highest BCUT2D eigenvalue weighted by Gasteiger charge is 2.36. The summed E-state index contributed by atoms with van der Waals surface area (Å²) < 4.78 is 18.6. The van der Waals surface area contributed by atoms with E-state index in [1.54, 1.807) is 6.92 Å². The maximum Gasteiger partial charge on any atom is 0.325 e. The Morgan fingerprint density at radius 3 is 2.70 bits per heavy atom. The molecule has 0 N–H and O–H groups in total.